The van der Waals surface area contributed by atoms with Gasteiger partial charge < -0.3 is 19.3 Å². The first-order valence-corrected chi connectivity index (χ1v) is 5.34. The molecule has 0 aromatic rings. The van der Waals surface area contributed by atoms with Crippen LogP contribution >= 0.6 is 0 Å². The molecule has 14 heavy (non-hydrogen) atoms. The standard InChI is InChI=1S/C10H18O4/c1-2-3-10(12-4-5-13-10)6-8-9(7-11)14-8/h8-9,11H,2-7H2,1H3/t8-,9-/m1/s1. The monoisotopic (exact) mass is 202 g/mol. The van der Waals surface area contributed by atoms with Crippen molar-refractivity contribution in [2.24, 2.45) is 0 Å². The van der Waals surface area contributed by atoms with Crippen molar-refractivity contribution in [2.45, 2.75) is 44.2 Å². The summed E-state index contributed by atoms with van der Waals surface area (Å²) in [5, 5.41) is 8.86. The summed E-state index contributed by atoms with van der Waals surface area (Å²) in [6.07, 6.45) is 2.84. The third-order valence-electron chi connectivity index (χ3n) is 2.82. The summed E-state index contributed by atoms with van der Waals surface area (Å²) >= 11 is 0. The Labute approximate surface area is 84.1 Å². The van der Waals surface area contributed by atoms with Gasteiger partial charge in [0.05, 0.1) is 25.9 Å². The van der Waals surface area contributed by atoms with E-state index in [1.54, 1.807) is 0 Å². The second-order valence-corrected chi connectivity index (χ2v) is 3.96. The van der Waals surface area contributed by atoms with E-state index in [9.17, 15) is 0 Å². The lowest BCUT2D eigenvalue weighted by Crippen LogP contribution is -2.32. The van der Waals surface area contributed by atoms with E-state index in [-0.39, 0.29) is 18.8 Å². The zero-order valence-corrected chi connectivity index (χ0v) is 8.57. The maximum Gasteiger partial charge on any atom is 0.171 e. The van der Waals surface area contributed by atoms with E-state index in [4.69, 9.17) is 19.3 Å². The minimum atomic E-state index is -0.427. The molecule has 2 aliphatic heterocycles. The molecule has 0 radical (unpaired) electrons. The number of aliphatic hydroxyl groups excluding tert-OH is 1. The molecule has 0 aromatic heterocycles. The normalized spacial score (nSPS) is 34.7. The van der Waals surface area contributed by atoms with Crippen molar-refractivity contribution in [3.63, 3.8) is 0 Å². The second-order valence-electron chi connectivity index (χ2n) is 3.96. The molecule has 0 aliphatic carbocycles. The Balaban J connectivity index is 1.85. The maximum absolute atomic E-state index is 8.86. The molecule has 0 bridgehead atoms. The molecular weight excluding hydrogens is 184 g/mol. The third-order valence-corrected chi connectivity index (χ3v) is 2.82. The van der Waals surface area contributed by atoms with Crippen molar-refractivity contribution in [3.8, 4) is 0 Å². The molecule has 2 rings (SSSR count). The summed E-state index contributed by atoms with van der Waals surface area (Å²) in [5.74, 6) is -0.427. The first-order chi connectivity index (χ1) is 6.79. The van der Waals surface area contributed by atoms with Gasteiger partial charge in [0.2, 0.25) is 0 Å². The molecule has 0 unspecified atom stereocenters. The Morgan fingerprint density at radius 3 is 2.50 bits per heavy atom. The molecule has 0 saturated carbocycles. The van der Waals surface area contributed by atoms with E-state index in [1.807, 2.05) is 0 Å². The van der Waals surface area contributed by atoms with Crippen molar-refractivity contribution >= 4 is 0 Å². The average molecular weight is 202 g/mol. The predicted octanol–water partition coefficient (Wildman–Crippen LogP) is 0.679. The van der Waals surface area contributed by atoms with E-state index < -0.39 is 5.79 Å². The minimum absolute atomic E-state index is 0.0107. The topological polar surface area (TPSA) is 51.2 Å². The zero-order valence-electron chi connectivity index (χ0n) is 8.57. The minimum Gasteiger partial charge on any atom is -0.394 e. The van der Waals surface area contributed by atoms with Crippen molar-refractivity contribution in [3.05, 3.63) is 0 Å². The smallest absolute Gasteiger partial charge is 0.171 e. The van der Waals surface area contributed by atoms with Crippen LogP contribution in [0.3, 0.4) is 0 Å². The highest BCUT2D eigenvalue weighted by Crippen LogP contribution is 2.37. The van der Waals surface area contributed by atoms with E-state index in [0.29, 0.717) is 13.2 Å². The molecule has 4 heteroatoms. The van der Waals surface area contributed by atoms with Crippen LogP contribution in [0.15, 0.2) is 0 Å². The lowest BCUT2D eigenvalue weighted by molar-refractivity contribution is -0.169. The van der Waals surface area contributed by atoms with Gasteiger partial charge in [-0.2, -0.15) is 0 Å². The fraction of sp³-hybridized carbons (Fsp3) is 1.00. The number of epoxide rings is 1. The van der Waals surface area contributed by atoms with Crippen LogP contribution in [0.25, 0.3) is 0 Å². The highest BCUT2D eigenvalue weighted by Gasteiger charge is 2.47. The van der Waals surface area contributed by atoms with Crippen LogP contribution in [0.4, 0.5) is 0 Å². The fourth-order valence-electron chi connectivity index (χ4n) is 2.07. The van der Waals surface area contributed by atoms with Gasteiger partial charge in [0.25, 0.3) is 0 Å². The molecular formula is C10H18O4. The molecule has 82 valence electrons. The van der Waals surface area contributed by atoms with Gasteiger partial charge in [-0.25, -0.2) is 0 Å². The largest absolute Gasteiger partial charge is 0.394 e. The summed E-state index contributed by atoms with van der Waals surface area (Å²) in [5.41, 5.74) is 0. The first kappa shape index (κ1) is 10.4. The third kappa shape index (κ3) is 2.08. The van der Waals surface area contributed by atoms with Crippen LogP contribution in [-0.2, 0) is 14.2 Å². The number of aliphatic hydroxyl groups is 1. The number of hydrogen-bond acceptors (Lipinski definition) is 4. The second kappa shape index (κ2) is 4.14. The number of rotatable bonds is 5. The van der Waals surface area contributed by atoms with Crippen LogP contribution in [0.2, 0.25) is 0 Å². The van der Waals surface area contributed by atoms with Crippen LogP contribution in [0.1, 0.15) is 26.2 Å². The lowest BCUT2D eigenvalue weighted by atomic mass is 10.0. The van der Waals surface area contributed by atoms with E-state index in [0.717, 1.165) is 19.3 Å². The predicted molar refractivity (Wildman–Crippen MR) is 49.9 cm³/mol. The average Bonchev–Trinajstić information content (AvgIpc) is 2.76. The molecule has 2 heterocycles. The van der Waals surface area contributed by atoms with Crippen molar-refractivity contribution in [1.29, 1.82) is 0 Å². The van der Waals surface area contributed by atoms with Crippen LogP contribution in [-0.4, -0.2) is 42.9 Å². The van der Waals surface area contributed by atoms with Crippen molar-refractivity contribution < 1.29 is 19.3 Å². The van der Waals surface area contributed by atoms with Gasteiger partial charge in [-0.1, -0.05) is 13.3 Å². The van der Waals surface area contributed by atoms with Gasteiger partial charge in [-0.15, -0.1) is 0 Å². The SMILES string of the molecule is CCCC1(C[C@H]2O[C@@H]2CO)OCCO1. The maximum atomic E-state index is 8.86. The van der Waals surface area contributed by atoms with E-state index >= 15 is 0 Å². The molecule has 2 fully saturated rings. The molecule has 2 aliphatic rings. The summed E-state index contributed by atoms with van der Waals surface area (Å²) in [6.45, 7) is 3.57. The van der Waals surface area contributed by atoms with Crippen molar-refractivity contribution in [1.82, 2.24) is 0 Å². The number of hydrogen-bond donors (Lipinski definition) is 1. The van der Waals surface area contributed by atoms with Gasteiger partial charge in [-0.3, -0.25) is 0 Å². The first-order valence-electron chi connectivity index (χ1n) is 5.34. The van der Waals surface area contributed by atoms with Gasteiger partial charge in [0.1, 0.15) is 6.10 Å². The highest BCUT2D eigenvalue weighted by molar-refractivity contribution is 4.90. The molecule has 2 atom stereocenters. The Morgan fingerprint density at radius 1 is 1.29 bits per heavy atom. The summed E-state index contributed by atoms with van der Waals surface area (Å²) in [6, 6.07) is 0. The van der Waals surface area contributed by atoms with Gasteiger partial charge in [0, 0.05) is 12.8 Å². The summed E-state index contributed by atoms with van der Waals surface area (Å²) in [7, 11) is 0. The molecule has 0 amide bonds. The van der Waals surface area contributed by atoms with Gasteiger partial charge >= 0.3 is 0 Å². The Morgan fingerprint density at radius 2 is 2.00 bits per heavy atom. The van der Waals surface area contributed by atoms with Crippen LogP contribution in [0.5, 0.6) is 0 Å². The zero-order chi connectivity index (χ0) is 10.0. The Hall–Kier alpha value is -0.160. The molecule has 0 aromatic carbocycles. The molecule has 2 saturated heterocycles. The summed E-state index contributed by atoms with van der Waals surface area (Å²) in [4.78, 5) is 0. The molecule has 1 N–H and O–H groups in total. The van der Waals surface area contributed by atoms with E-state index in [1.165, 1.54) is 0 Å². The number of ether oxygens (including phenoxy) is 3. The van der Waals surface area contributed by atoms with Crippen molar-refractivity contribution in [2.75, 3.05) is 19.8 Å². The molecule has 4 nitrogen and oxygen atoms in total. The highest BCUT2D eigenvalue weighted by atomic mass is 16.7. The fourth-order valence-corrected chi connectivity index (χ4v) is 2.07. The van der Waals surface area contributed by atoms with E-state index in [2.05, 4.69) is 6.92 Å². The molecule has 0 spiro atoms. The van der Waals surface area contributed by atoms with Crippen LogP contribution in [0, 0.1) is 0 Å². The quantitative estimate of drug-likeness (QED) is 0.666. The lowest BCUT2D eigenvalue weighted by Gasteiger charge is -2.26. The Bertz CT molecular complexity index is 189. The Kier molecular flexibility index (Phi) is 3.07. The summed E-state index contributed by atoms with van der Waals surface area (Å²) < 4.78 is 16.6. The van der Waals surface area contributed by atoms with Gasteiger partial charge in [-0.05, 0) is 0 Å². The van der Waals surface area contributed by atoms with Crippen LogP contribution < -0.4 is 0 Å². The van der Waals surface area contributed by atoms with Gasteiger partial charge in [0.15, 0.2) is 5.79 Å².